The molecule has 0 rings (SSSR count). The Bertz CT molecular complexity index is 57.9. The van der Waals surface area contributed by atoms with E-state index in [1.807, 2.05) is 6.92 Å². The molecule has 0 aromatic rings. The quantitative estimate of drug-likeness (QED) is 0.586. The highest BCUT2D eigenvalue weighted by Crippen LogP contribution is 1.97. The lowest BCUT2D eigenvalue weighted by molar-refractivity contribution is 0.242. The third-order valence-electron chi connectivity index (χ3n) is 0.659. The van der Waals surface area contributed by atoms with Crippen LogP contribution in [0.15, 0.2) is 0 Å². The van der Waals surface area contributed by atoms with Gasteiger partial charge in [0.1, 0.15) is 0 Å². The molecule has 0 atom stereocenters. The molecule has 0 bridgehead atoms. The maximum Gasteiger partial charge on any atom is 0.329 e. The fourth-order valence-electron chi connectivity index (χ4n) is 0.352. The number of hydrogen-bond donors (Lipinski definition) is 1. The first-order valence-electron chi connectivity index (χ1n) is 2.92. The van der Waals surface area contributed by atoms with Crippen molar-refractivity contribution >= 4 is 8.56 Å². The van der Waals surface area contributed by atoms with Crippen LogP contribution < -0.4 is 0 Å². The standard InChI is InChI=1S/C5H14O2Si/c1-4-5-7-8(2,3)6/h6H,4-5H2,1-3H3. The highest BCUT2D eigenvalue weighted by atomic mass is 28.4. The summed E-state index contributed by atoms with van der Waals surface area (Å²) in [6, 6.07) is 0. The summed E-state index contributed by atoms with van der Waals surface area (Å²) in [7, 11) is -2.18. The first-order chi connectivity index (χ1) is 3.56. The zero-order valence-electron chi connectivity index (χ0n) is 5.77. The highest BCUT2D eigenvalue weighted by Gasteiger charge is 2.16. The molecule has 0 spiro atoms. The molecule has 0 aromatic carbocycles. The van der Waals surface area contributed by atoms with Crippen LogP contribution in [0.2, 0.25) is 13.1 Å². The van der Waals surface area contributed by atoms with E-state index in [4.69, 9.17) is 9.22 Å². The molecule has 0 aliphatic carbocycles. The Morgan fingerprint density at radius 3 is 2.12 bits per heavy atom. The second-order valence-electron chi connectivity index (χ2n) is 2.30. The molecule has 2 nitrogen and oxygen atoms in total. The van der Waals surface area contributed by atoms with E-state index >= 15 is 0 Å². The summed E-state index contributed by atoms with van der Waals surface area (Å²) < 4.78 is 5.07. The van der Waals surface area contributed by atoms with Gasteiger partial charge in [-0.25, -0.2) is 0 Å². The van der Waals surface area contributed by atoms with Crippen LogP contribution in [-0.2, 0) is 4.43 Å². The molecule has 1 N–H and O–H groups in total. The first-order valence-corrected chi connectivity index (χ1v) is 5.78. The first kappa shape index (κ1) is 8.14. The van der Waals surface area contributed by atoms with Gasteiger partial charge in [0.25, 0.3) is 0 Å². The molecule has 0 aliphatic heterocycles. The molecule has 0 aliphatic rings. The Hall–Kier alpha value is 0.137. The molecule has 0 saturated heterocycles. The van der Waals surface area contributed by atoms with Crippen molar-refractivity contribution in [2.24, 2.45) is 0 Å². The molecule has 0 radical (unpaired) electrons. The van der Waals surface area contributed by atoms with E-state index in [0.29, 0.717) is 6.61 Å². The second kappa shape index (κ2) is 3.22. The van der Waals surface area contributed by atoms with Crippen molar-refractivity contribution in [1.82, 2.24) is 0 Å². The van der Waals surface area contributed by atoms with Crippen molar-refractivity contribution in [2.75, 3.05) is 6.61 Å². The molecule has 3 heteroatoms. The van der Waals surface area contributed by atoms with Crippen LogP contribution in [0.3, 0.4) is 0 Å². The predicted molar refractivity (Wildman–Crippen MR) is 35.9 cm³/mol. The van der Waals surface area contributed by atoms with Gasteiger partial charge in [0, 0.05) is 6.61 Å². The van der Waals surface area contributed by atoms with Crippen molar-refractivity contribution in [3.8, 4) is 0 Å². The van der Waals surface area contributed by atoms with Gasteiger partial charge in [-0.2, -0.15) is 0 Å². The minimum Gasteiger partial charge on any atom is -0.411 e. The van der Waals surface area contributed by atoms with E-state index in [9.17, 15) is 0 Å². The van der Waals surface area contributed by atoms with Crippen molar-refractivity contribution in [1.29, 1.82) is 0 Å². The van der Waals surface area contributed by atoms with E-state index < -0.39 is 8.56 Å². The lowest BCUT2D eigenvalue weighted by Gasteiger charge is -2.13. The third kappa shape index (κ3) is 6.14. The van der Waals surface area contributed by atoms with Crippen LogP contribution in [0.5, 0.6) is 0 Å². The maximum absolute atomic E-state index is 9.07. The van der Waals surface area contributed by atoms with Crippen molar-refractivity contribution in [3.05, 3.63) is 0 Å². The Labute approximate surface area is 51.7 Å². The molecule has 0 saturated carbocycles. The van der Waals surface area contributed by atoms with E-state index in [0.717, 1.165) is 6.42 Å². The molecule has 0 aromatic heterocycles. The summed E-state index contributed by atoms with van der Waals surface area (Å²) >= 11 is 0. The van der Waals surface area contributed by atoms with Gasteiger partial charge < -0.3 is 9.22 Å². The third-order valence-corrected chi connectivity index (χ3v) is 1.57. The topological polar surface area (TPSA) is 29.5 Å². The molecular formula is C5H14O2Si. The smallest absolute Gasteiger partial charge is 0.329 e. The van der Waals surface area contributed by atoms with Crippen LogP contribution in [0.1, 0.15) is 13.3 Å². The summed E-state index contributed by atoms with van der Waals surface area (Å²) in [5, 5.41) is 0. The zero-order chi connectivity index (χ0) is 6.62. The fourth-order valence-corrected chi connectivity index (χ4v) is 1.06. The minimum absolute atomic E-state index is 0.690. The molecule has 0 heterocycles. The summed E-state index contributed by atoms with van der Waals surface area (Å²) in [6.07, 6.45) is 0.983. The van der Waals surface area contributed by atoms with E-state index in [1.165, 1.54) is 0 Å². The van der Waals surface area contributed by atoms with Crippen LogP contribution in [0.25, 0.3) is 0 Å². The van der Waals surface area contributed by atoms with Gasteiger partial charge in [-0.1, -0.05) is 6.92 Å². The Morgan fingerprint density at radius 1 is 1.50 bits per heavy atom. The number of rotatable bonds is 3. The molecule has 0 fully saturated rings. The lowest BCUT2D eigenvalue weighted by atomic mass is 10.5. The van der Waals surface area contributed by atoms with Gasteiger partial charge in [-0.15, -0.1) is 0 Å². The molecular weight excluding hydrogens is 120 g/mol. The predicted octanol–water partition coefficient (Wildman–Crippen LogP) is 1.11. The summed E-state index contributed by atoms with van der Waals surface area (Å²) in [5.41, 5.74) is 0. The average molecular weight is 134 g/mol. The number of hydrogen-bond acceptors (Lipinski definition) is 2. The molecule has 0 amide bonds. The van der Waals surface area contributed by atoms with Crippen molar-refractivity contribution in [3.63, 3.8) is 0 Å². The monoisotopic (exact) mass is 134 g/mol. The summed E-state index contributed by atoms with van der Waals surface area (Å²) in [6.45, 7) is 6.25. The average Bonchev–Trinajstić information content (AvgIpc) is 1.59. The molecule has 8 heavy (non-hydrogen) atoms. The summed E-state index contributed by atoms with van der Waals surface area (Å²) in [5.74, 6) is 0. The molecule has 0 unspecified atom stereocenters. The second-order valence-corrected chi connectivity index (χ2v) is 5.48. The fraction of sp³-hybridized carbons (Fsp3) is 1.00. The normalized spacial score (nSPS) is 12.0. The Morgan fingerprint density at radius 2 is 2.00 bits per heavy atom. The summed E-state index contributed by atoms with van der Waals surface area (Å²) in [4.78, 5) is 9.07. The Balaban J connectivity index is 3.11. The van der Waals surface area contributed by atoms with Crippen molar-refractivity contribution < 1.29 is 9.22 Å². The van der Waals surface area contributed by atoms with Gasteiger partial charge in [0.2, 0.25) is 0 Å². The molecule has 50 valence electrons. The van der Waals surface area contributed by atoms with E-state index in [-0.39, 0.29) is 0 Å². The largest absolute Gasteiger partial charge is 0.411 e. The zero-order valence-corrected chi connectivity index (χ0v) is 6.77. The minimum atomic E-state index is -2.18. The van der Waals surface area contributed by atoms with Gasteiger partial charge in [0.05, 0.1) is 0 Å². The lowest BCUT2D eigenvalue weighted by Crippen LogP contribution is -2.30. The van der Waals surface area contributed by atoms with Crippen LogP contribution in [0, 0.1) is 0 Å². The highest BCUT2D eigenvalue weighted by molar-refractivity contribution is 6.63. The Kier molecular flexibility index (Phi) is 3.27. The SMILES string of the molecule is CCCO[Si](C)(C)O. The van der Waals surface area contributed by atoms with Crippen LogP contribution in [-0.4, -0.2) is 20.0 Å². The van der Waals surface area contributed by atoms with Gasteiger partial charge >= 0.3 is 8.56 Å². The van der Waals surface area contributed by atoms with Gasteiger partial charge in [-0.05, 0) is 19.5 Å². The van der Waals surface area contributed by atoms with Crippen LogP contribution >= 0.6 is 0 Å². The van der Waals surface area contributed by atoms with Gasteiger partial charge in [-0.3, -0.25) is 0 Å². The van der Waals surface area contributed by atoms with E-state index in [1.54, 1.807) is 13.1 Å². The van der Waals surface area contributed by atoms with Crippen molar-refractivity contribution in [2.45, 2.75) is 26.4 Å². The van der Waals surface area contributed by atoms with Crippen LogP contribution in [0.4, 0.5) is 0 Å². The van der Waals surface area contributed by atoms with Gasteiger partial charge in [0.15, 0.2) is 0 Å². The van der Waals surface area contributed by atoms with E-state index in [2.05, 4.69) is 0 Å². The maximum atomic E-state index is 9.07.